The molecule has 0 saturated carbocycles. The van der Waals surface area contributed by atoms with E-state index < -0.39 is 8.32 Å². The third kappa shape index (κ3) is 5.36. The van der Waals surface area contributed by atoms with Crippen molar-refractivity contribution in [2.75, 3.05) is 6.61 Å². The van der Waals surface area contributed by atoms with Gasteiger partial charge in [-0.2, -0.15) is 0 Å². The van der Waals surface area contributed by atoms with E-state index in [2.05, 4.69) is 69.6 Å². The standard InChI is InChI=1S/C20H30O2Si/c1-6-20(2)14-19(22-23(3,4)5)13-12-18(20)16-21-15-17-10-8-7-9-11-17/h6-11,14,18H,1,12-13,15-16H2,2-5H3/t18-,20+/m0/s1. The number of benzene rings is 1. The Bertz CT molecular complexity index is 545. The van der Waals surface area contributed by atoms with Crippen molar-refractivity contribution in [2.24, 2.45) is 11.3 Å². The molecule has 1 aromatic carbocycles. The molecule has 0 spiro atoms. The van der Waals surface area contributed by atoms with E-state index in [-0.39, 0.29) is 5.41 Å². The van der Waals surface area contributed by atoms with Gasteiger partial charge in [0.15, 0.2) is 0 Å². The number of rotatable bonds is 7. The molecule has 23 heavy (non-hydrogen) atoms. The SMILES string of the molecule is C=C[C@]1(C)C=C(O[Si](C)(C)C)CC[C@H]1COCc1ccccc1. The highest BCUT2D eigenvalue weighted by atomic mass is 28.4. The summed E-state index contributed by atoms with van der Waals surface area (Å²) < 4.78 is 12.2. The summed E-state index contributed by atoms with van der Waals surface area (Å²) in [4.78, 5) is 0. The monoisotopic (exact) mass is 330 g/mol. The molecule has 1 aliphatic carbocycles. The summed E-state index contributed by atoms with van der Waals surface area (Å²) in [5.41, 5.74) is 1.17. The van der Waals surface area contributed by atoms with Gasteiger partial charge in [0.2, 0.25) is 8.32 Å². The minimum atomic E-state index is -1.55. The van der Waals surface area contributed by atoms with Gasteiger partial charge in [0.05, 0.1) is 19.0 Å². The summed E-state index contributed by atoms with van der Waals surface area (Å²) in [6, 6.07) is 10.3. The minimum absolute atomic E-state index is 0.0517. The Hall–Kier alpha value is -1.32. The predicted octanol–water partition coefficient (Wildman–Crippen LogP) is 5.54. The van der Waals surface area contributed by atoms with Crippen LogP contribution in [0.25, 0.3) is 0 Å². The highest BCUT2D eigenvalue weighted by Gasteiger charge is 2.35. The van der Waals surface area contributed by atoms with E-state index in [1.54, 1.807) is 0 Å². The van der Waals surface area contributed by atoms with Crippen LogP contribution in [0.15, 0.2) is 54.8 Å². The van der Waals surface area contributed by atoms with Gasteiger partial charge in [-0.1, -0.05) is 43.3 Å². The molecule has 0 radical (unpaired) electrons. The summed E-state index contributed by atoms with van der Waals surface area (Å²) >= 11 is 0. The third-order valence-electron chi connectivity index (χ3n) is 4.40. The van der Waals surface area contributed by atoms with Crippen LogP contribution in [0.4, 0.5) is 0 Å². The number of hydrogen-bond donors (Lipinski definition) is 0. The largest absolute Gasteiger partial charge is 0.548 e. The van der Waals surface area contributed by atoms with Crippen molar-refractivity contribution in [2.45, 2.75) is 46.0 Å². The van der Waals surface area contributed by atoms with Crippen LogP contribution in [-0.4, -0.2) is 14.9 Å². The van der Waals surface area contributed by atoms with Gasteiger partial charge < -0.3 is 9.16 Å². The van der Waals surface area contributed by atoms with Crippen LogP contribution >= 0.6 is 0 Å². The average molecular weight is 331 g/mol. The molecule has 2 atom stereocenters. The summed E-state index contributed by atoms with van der Waals surface area (Å²) in [5.74, 6) is 1.60. The first-order chi connectivity index (χ1) is 10.8. The first kappa shape index (κ1) is 18.0. The van der Waals surface area contributed by atoms with Crippen molar-refractivity contribution >= 4 is 8.32 Å². The van der Waals surface area contributed by atoms with Gasteiger partial charge >= 0.3 is 0 Å². The van der Waals surface area contributed by atoms with Crippen molar-refractivity contribution in [3.05, 3.63) is 60.4 Å². The molecular formula is C20H30O2Si. The lowest BCUT2D eigenvalue weighted by Crippen LogP contribution is -2.33. The lowest BCUT2D eigenvalue weighted by Gasteiger charge is -2.38. The fourth-order valence-electron chi connectivity index (χ4n) is 3.02. The highest BCUT2D eigenvalue weighted by Crippen LogP contribution is 2.41. The molecule has 0 heterocycles. The maximum atomic E-state index is 6.21. The average Bonchev–Trinajstić information content (AvgIpc) is 2.49. The molecule has 2 nitrogen and oxygen atoms in total. The van der Waals surface area contributed by atoms with Gasteiger partial charge in [0.1, 0.15) is 0 Å². The second-order valence-corrected chi connectivity index (χ2v) is 12.1. The number of ether oxygens (including phenoxy) is 1. The van der Waals surface area contributed by atoms with Gasteiger partial charge in [-0.3, -0.25) is 0 Å². The van der Waals surface area contributed by atoms with Gasteiger partial charge in [0, 0.05) is 11.8 Å². The van der Waals surface area contributed by atoms with Crippen LogP contribution in [0.3, 0.4) is 0 Å². The molecule has 1 aliphatic rings. The highest BCUT2D eigenvalue weighted by molar-refractivity contribution is 6.70. The molecular weight excluding hydrogens is 300 g/mol. The van der Waals surface area contributed by atoms with Crippen LogP contribution in [0, 0.1) is 11.3 Å². The predicted molar refractivity (Wildman–Crippen MR) is 99.6 cm³/mol. The Morgan fingerprint density at radius 3 is 2.57 bits per heavy atom. The van der Waals surface area contributed by atoms with E-state index in [1.807, 2.05) is 6.07 Å². The van der Waals surface area contributed by atoms with Crippen LogP contribution in [0.5, 0.6) is 0 Å². The maximum Gasteiger partial charge on any atom is 0.241 e. The molecule has 3 heteroatoms. The molecule has 0 fully saturated rings. The van der Waals surface area contributed by atoms with Crippen LogP contribution in [0.1, 0.15) is 25.3 Å². The Morgan fingerprint density at radius 2 is 1.96 bits per heavy atom. The zero-order chi connectivity index (χ0) is 16.9. The lowest BCUT2D eigenvalue weighted by atomic mass is 9.71. The van der Waals surface area contributed by atoms with Crippen molar-refractivity contribution in [1.29, 1.82) is 0 Å². The van der Waals surface area contributed by atoms with Gasteiger partial charge in [-0.15, -0.1) is 6.58 Å². The summed E-state index contributed by atoms with van der Waals surface area (Å²) in [7, 11) is -1.55. The van der Waals surface area contributed by atoms with Crippen molar-refractivity contribution in [3.63, 3.8) is 0 Å². The summed E-state index contributed by atoms with van der Waals surface area (Å²) in [5, 5.41) is 0. The zero-order valence-corrected chi connectivity index (χ0v) is 16.0. The molecule has 1 aromatic rings. The quantitative estimate of drug-likeness (QED) is 0.482. The van der Waals surface area contributed by atoms with E-state index in [0.717, 1.165) is 25.2 Å². The van der Waals surface area contributed by atoms with Crippen molar-refractivity contribution < 1.29 is 9.16 Å². The van der Waals surface area contributed by atoms with E-state index in [1.165, 1.54) is 5.56 Å². The molecule has 0 N–H and O–H groups in total. The van der Waals surface area contributed by atoms with Crippen molar-refractivity contribution in [1.82, 2.24) is 0 Å². The zero-order valence-electron chi connectivity index (χ0n) is 15.0. The van der Waals surface area contributed by atoms with Crippen LogP contribution < -0.4 is 0 Å². The van der Waals surface area contributed by atoms with Gasteiger partial charge in [-0.25, -0.2) is 0 Å². The molecule has 0 aliphatic heterocycles. The smallest absolute Gasteiger partial charge is 0.241 e. The fourth-order valence-corrected chi connectivity index (χ4v) is 3.97. The Labute approximate surface area is 142 Å². The topological polar surface area (TPSA) is 18.5 Å². The lowest BCUT2D eigenvalue weighted by molar-refractivity contribution is 0.0519. The van der Waals surface area contributed by atoms with Crippen LogP contribution in [-0.2, 0) is 15.8 Å². The van der Waals surface area contributed by atoms with Gasteiger partial charge in [0.25, 0.3) is 0 Å². The van der Waals surface area contributed by atoms with Gasteiger partial charge in [-0.05, 0) is 43.6 Å². The molecule has 0 amide bonds. The Kier molecular flexibility index (Phi) is 5.87. The van der Waals surface area contributed by atoms with E-state index in [4.69, 9.17) is 9.16 Å². The number of allylic oxidation sites excluding steroid dienone is 3. The van der Waals surface area contributed by atoms with Crippen LogP contribution in [0.2, 0.25) is 19.6 Å². The number of hydrogen-bond acceptors (Lipinski definition) is 2. The van der Waals surface area contributed by atoms with E-state index in [0.29, 0.717) is 12.5 Å². The third-order valence-corrected chi connectivity index (χ3v) is 5.27. The summed E-state index contributed by atoms with van der Waals surface area (Å²) in [6.45, 7) is 14.4. The molecule has 0 aromatic heterocycles. The van der Waals surface area contributed by atoms with E-state index in [9.17, 15) is 0 Å². The second-order valence-electron chi connectivity index (χ2n) is 7.63. The molecule has 0 unspecified atom stereocenters. The minimum Gasteiger partial charge on any atom is -0.548 e. The fraction of sp³-hybridized carbons (Fsp3) is 0.500. The Balaban J connectivity index is 1.96. The van der Waals surface area contributed by atoms with E-state index >= 15 is 0 Å². The second kappa shape index (κ2) is 7.50. The molecule has 0 saturated heterocycles. The Morgan fingerprint density at radius 1 is 1.26 bits per heavy atom. The molecule has 2 rings (SSSR count). The first-order valence-electron chi connectivity index (χ1n) is 8.48. The normalized spacial score (nSPS) is 24.9. The summed E-state index contributed by atoms with van der Waals surface area (Å²) in [6.07, 6.45) is 6.43. The first-order valence-corrected chi connectivity index (χ1v) is 11.9. The molecule has 0 bridgehead atoms. The van der Waals surface area contributed by atoms with Crippen molar-refractivity contribution in [3.8, 4) is 0 Å². The maximum absolute atomic E-state index is 6.21. The molecule has 126 valence electrons.